The fraction of sp³-hybridized carbons (Fsp3) is 0.562. The van der Waals surface area contributed by atoms with Gasteiger partial charge in [0, 0.05) is 16.6 Å². The zero-order chi connectivity index (χ0) is 13.4. The Balaban J connectivity index is 1.62. The summed E-state index contributed by atoms with van der Waals surface area (Å²) in [4.78, 5) is 12.3. The Morgan fingerprint density at radius 2 is 1.95 bits per heavy atom. The highest BCUT2D eigenvalue weighted by Gasteiger charge is 2.41. The number of halogens is 1. The van der Waals surface area contributed by atoms with Crippen molar-refractivity contribution in [1.82, 2.24) is 5.32 Å². The highest BCUT2D eigenvalue weighted by Crippen LogP contribution is 2.48. The number of aryl methyl sites for hydroxylation is 1. The zero-order valence-electron chi connectivity index (χ0n) is 11.3. The van der Waals surface area contributed by atoms with Gasteiger partial charge in [0.15, 0.2) is 0 Å². The van der Waals surface area contributed by atoms with Crippen LogP contribution < -0.4 is 5.32 Å². The van der Waals surface area contributed by atoms with Gasteiger partial charge in [-0.15, -0.1) is 0 Å². The third-order valence-corrected chi connectivity index (χ3v) is 4.89. The number of hydrogen-bond acceptors (Lipinski definition) is 1. The van der Waals surface area contributed by atoms with Crippen molar-refractivity contribution in [3.05, 3.63) is 33.8 Å². The monoisotopic (exact) mass is 321 g/mol. The highest BCUT2D eigenvalue weighted by atomic mass is 79.9. The number of benzene rings is 1. The number of hydrogen-bond donors (Lipinski definition) is 1. The Bertz CT molecular complexity index is 480. The number of amides is 1. The fourth-order valence-electron chi connectivity index (χ4n) is 2.91. The molecule has 0 bridgehead atoms. The molecule has 3 heteroatoms. The summed E-state index contributed by atoms with van der Waals surface area (Å²) >= 11 is 3.43. The standard InChI is InChI=1S/C16H20BrNO/c1-10-2-7-13(17)8-14(10)16(19)18-9-15(11-3-4-11)12-5-6-12/h2,7-8,11-12,15H,3-6,9H2,1H3,(H,18,19). The molecule has 19 heavy (non-hydrogen) atoms. The van der Waals surface area contributed by atoms with Crippen LogP contribution in [-0.4, -0.2) is 12.5 Å². The first-order valence-electron chi connectivity index (χ1n) is 7.19. The van der Waals surface area contributed by atoms with Crippen LogP contribution in [0.2, 0.25) is 0 Å². The highest BCUT2D eigenvalue weighted by molar-refractivity contribution is 9.10. The van der Waals surface area contributed by atoms with Gasteiger partial charge >= 0.3 is 0 Å². The number of nitrogens with one attached hydrogen (secondary N) is 1. The van der Waals surface area contributed by atoms with Crippen molar-refractivity contribution < 1.29 is 4.79 Å². The number of rotatable bonds is 5. The normalized spacial score (nSPS) is 18.7. The second-order valence-corrected chi connectivity index (χ2v) is 6.92. The van der Waals surface area contributed by atoms with E-state index in [1.54, 1.807) is 0 Å². The SMILES string of the molecule is Cc1ccc(Br)cc1C(=O)NCC(C1CC1)C1CC1. The van der Waals surface area contributed by atoms with Gasteiger partial charge in [-0.2, -0.15) is 0 Å². The lowest BCUT2D eigenvalue weighted by Gasteiger charge is -2.16. The molecule has 0 aromatic heterocycles. The topological polar surface area (TPSA) is 29.1 Å². The summed E-state index contributed by atoms with van der Waals surface area (Å²) in [5, 5.41) is 3.15. The summed E-state index contributed by atoms with van der Waals surface area (Å²) in [6.07, 6.45) is 5.47. The first-order valence-corrected chi connectivity index (χ1v) is 7.99. The van der Waals surface area contributed by atoms with Gasteiger partial charge in [0.1, 0.15) is 0 Å². The van der Waals surface area contributed by atoms with Crippen LogP contribution in [-0.2, 0) is 0 Å². The maximum atomic E-state index is 12.3. The predicted molar refractivity (Wildman–Crippen MR) is 80.2 cm³/mol. The Kier molecular flexibility index (Phi) is 3.66. The number of carbonyl (C=O) groups excluding carboxylic acids is 1. The lowest BCUT2D eigenvalue weighted by atomic mass is 9.97. The Morgan fingerprint density at radius 3 is 2.53 bits per heavy atom. The lowest BCUT2D eigenvalue weighted by Crippen LogP contribution is -2.31. The van der Waals surface area contributed by atoms with Gasteiger partial charge < -0.3 is 5.32 Å². The van der Waals surface area contributed by atoms with Crippen molar-refractivity contribution in [2.24, 2.45) is 17.8 Å². The van der Waals surface area contributed by atoms with Gasteiger partial charge in [0.2, 0.25) is 0 Å². The average molecular weight is 322 g/mol. The molecule has 1 aromatic carbocycles. The Labute approximate surface area is 123 Å². The summed E-state index contributed by atoms with van der Waals surface area (Å²) in [7, 11) is 0. The second kappa shape index (κ2) is 5.28. The molecule has 102 valence electrons. The summed E-state index contributed by atoms with van der Waals surface area (Å²) in [5.41, 5.74) is 1.83. The van der Waals surface area contributed by atoms with Gasteiger partial charge in [0.25, 0.3) is 5.91 Å². The van der Waals surface area contributed by atoms with E-state index in [1.165, 1.54) is 25.7 Å². The van der Waals surface area contributed by atoms with Crippen LogP contribution in [0.1, 0.15) is 41.6 Å². The van der Waals surface area contributed by atoms with E-state index in [0.717, 1.165) is 39.9 Å². The van der Waals surface area contributed by atoms with Gasteiger partial charge in [-0.3, -0.25) is 4.79 Å². The van der Waals surface area contributed by atoms with Crippen LogP contribution in [0.25, 0.3) is 0 Å². The fourth-order valence-corrected chi connectivity index (χ4v) is 3.27. The van der Waals surface area contributed by atoms with Gasteiger partial charge in [-0.25, -0.2) is 0 Å². The molecular weight excluding hydrogens is 302 g/mol. The molecule has 0 aliphatic heterocycles. The first-order chi connectivity index (χ1) is 9.15. The summed E-state index contributed by atoms with van der Waals surface area (Å²) in [5.74, 6) is 2.58. The second-order valence-electron chi connectivity index (χ2n) is 6.01. The molecule has 2 aliphatic carbocycles. The lowest BCUT2D eigenvalue weighted by molar-refractivity contribution is 0.0942. The molecule has 1 aromatic rings. The van der Waals surface area contributed by atoms with E-state index in [0.29, 0.717) is 0 Å². The van der Waals surface area contributed by atoms with E-state index < -0.39 is 0 Å². The smallest absolute Gasteiger partial charge is 0.251 e. The van der Waals surface area contributed by atoms with Crippen LogP contribution in [0.4, 0.5) is 0 Å². The molecule has 0 radical (unpaired) electrons. The van der Waals surface area contributed by atoms with E-state index in [1.807, 2.05) is 25.1 Å². The zero-order valence-corrected chi connectivity index (χ0v) is 12.9. The van der Waals surface area contributed by atoms with Crippen LogP contribution >= 0.6 is 15.9 Å². The third kappa shape index (κ3) is 3.19. The van der Waals surface area contributed by atoms with Crippen molar-refractivity contribution in [1.29, 1.82) is 0 Å². The minimum atomic E-state index is 0.0742. The van der Waals surface area contributed by atoms with Crippen molar-refractivity contribution in [2.45, 2.75) is 32.6 Å². The minimum Gasteiger partial charge on any atom is -0.352 e. The van der Waals surface area contributed by atoms with Gasteiger partial charge in [-0.05, 0) is 68.1 Å². The largest absolute Gasteiger partial charge is 0.352 e. The molecule has 0 spiro atoms. The molecule has 2 aliphatic rings. The van der Waals surface area contributed by atoms with Gasteiger partial charge in [0.05, 0.1) is 0 Å². The molecule has 2 fully saturated rings. The molecule has 0 heterocycles. The average Bonchev–Trinajstić information content (AvgIpc) is 3.25. The molecule has 0 atom stereocenters. The van der Waals surface area contributed by atoms with Crippen LogP contribution in [0.5, 0.6) is 0 Å². The quantitative estimate of drug-likeness (QED) is 0.874. The van der Waals surface area contributed by atoms with E-state index in [-0.39, 0.29) is 5.91 Å². The van der Waals surface area contributed by atoms with Crippen LogP contribution in [0.3, 0.4) is 0 Å². The molecule has 1 N–H and O–H groups in total. The summed E-state index contributed by atoms with van der Waals surface area (Å²) < 4.78 is 0.962. The molecule has 1 amide bonds. The Morgan fingerprint density at radius 1 is 1.32 bits per heavy atom. The molecule has 2 nitrogen and oxygen atoms in total. The predicted octanol–water partition coefficient (Wildman–Crippen LogP) is 3.92. The van der Waals surface area contributed by atoms with Crippen molar-refractivity contribution in [3.8, 4) is 0 Å². The molecule has 0 unspecified atom stereocenters. The molecule has 0 saturated heterocycles. The minimum absolute atomic E-state index is 0.0742. The van der Waals surface area contributed by atoms with Crippen molar-refractivity contribution in [2.75, 3.05) is 6.54 Å². The Hall–Kier alpha value is -0.830. The summed E-state index contributed by atoms with van der Waals surface area (Å²) in [6.45, 7) is 2.85. The van der Waals surface area contributed by atoms with Crippen molar-refractivity contribution in [3.63, 3.8) is 0 Å². The van der Waals surface area contributed by atoms with Gasteiger partial charge in [-0.1, -0.05) is 22.0 Å². The summed E-state index contributed by atoms with van der Waals surface area (Å²) in [6, 6.07) is 5.87. The van der Waals surface area contributed by atoms with E-state index in [4.69, 9.17) is 0 Å². The van der Waals surface area contributed by atoms with Crippen molar-refractivity contribution >= 4 is 21.8 Å². The molecule has 2 saturated carbocycles. The number of carbonyl (C=O) groups is 1. The van der Waals surface area contributed by atoms with E-state index in [2.05, 4.69) is 21.2 Å². The third-order valence-electron chi connectivity index (χ3n) is 4.40. The maximum absolute atomic E-state index is 12.3. The van der Waals surface area contributed by atoms with E-state index >= 15 is 0 Å². The molecular formula is C16H20BrNO. The molecule has 3 rings (SSSR count). The van der Waals surface area contributed by atoms with Crippen LogP contribution in [0.15, 0.2) is 22.7 Å². The maximum Gasteiger partial charge on any atom is 0.251 e. The van der Waals surface area contributed by atoms with Crippen LogP contribution in [0, 0.1) is 24.7 Å². The van der Waals surface area contributed by atoms with E-state index in [9.17, 15) is 4.79 Å². The first kappa shape index (κ1) is 13.2.